The van der Waals surface area contributed by atoms with Crippen LogP contribution in [0.5, 0.6) is 0 Å². The van der Waals surface area contributed by atoms with E-state index in [0.29, 0.717) is 39.0 Å². The molecule has 3 aliphatic rings. The van der Waals surface area contributed by atoms with Gasteiger partial charge in [0.05, 0.1) is 11.1 Å². The Balaban J connectivity index is 1.44. The van der Waals surface area contributed by atoms with Crippen molar-refractivity contribution in [3.05, 3.63) is 12.3 Å². The van der Waals surface area contributed by atoms with Gasteiger partial charge in [-0.05, 0) is 45.1 Å². The molecule has 1 aromatic heterocycles. The standard InChI is InChI=1S/C19H29N5O3/c1-18(23-15(25)13-3-2-4-13)8-12-27-19(16(18)26)6-10-24(11-7-19)14-5-9-21-17(20)22-14/h5,9,13,16,26H,2-4,6-8,10-12H2,1H3,(H,23,25)(H2,20,21,22)/t16-,18+/m0/s1. The normalized spacial score (nSPS) is 30.7. The molecule has 0 bridgehead atoms. The highest BCUT2D eigenvalue weighted by Gasteiger charge is 2.54. The summed E-state index contributed by atoms with van der Waals surface area (Å²) in [5.74, 6) is 1.24. The lowest BCUT2D eigenvalue weighted by Gasteiger charge is -2.54. The van der Waals surface area contributed by atoms with Crippen LogP contribution < -0.4 is 16.0 Å². The van der Waals surface area contributed by atoms with E-state index in [2.05, 4.69) is 20.2 Å². The van der Waals surface area contributed by atoms with Crippen LogP contribution in [0.25, 0.3) is 0 Å². The van der Waals surface area contributed by atoms with Gasteiger partial charge in [-0.25, -0.2) is 4.98 Å². The molecule has 27 heavy (non-hydrogen) atoms. The zero-order valence-electron chi connectivity index (χ0n) is 15.9. The number of amides is 1. The molecule has 0 unspecified atom stereocenters. The number of carbonyl (C=O) groups is 1. The van der Waals surface area contributed by atoms with E-state index in [1.165, 1.54) is 0 Å². The molecular formula is C19H29N5O3. The van der Waals surface area contributed by atoms with Crippen molar-refractivity contribution in [2.75, 3.05) is 30.3 Å². The Morgan fingerprint density at radius 3 is 2.74 bits per heavy atom. The van der Waals surface area contributed by atoms with Gasteiger partial charge in [-0.15, -0.1) is 0 Å². The van der Waals surface area contributed by atoms with Crippen molar-refractivity contribution in [2.45, 2.75) is 62.7 Å². The first-order chi connectivity index (χ1) is 12.9. The van der Waals surface area contributed by atoms with Crippen molar-refractivity contribution >= 4 is 17.7 Å². The second-order valence-corrected chi connectivity index (χ2v) is 8.36. The maximum atomic E-state index is 12.5. The van der Waals surface area contributed by atoms with E-state index < -0.39 is 17.2 Å². The summed E-state index contributed by atoms with van der Waals surface area (Å²) in [6.45, 7) is 3.91. The van der Waals surface area contributed by atoms with E-state index in [4.69, 9.17) is 10.5 Å². The van der Waals surface area contributed by atoms with Gasteiger partial charge in [-0.3, -0.25) is 4.79 Å². The molecule has 2 aliphatic heterocycles. The Hall–Kier alpha value is -1.93. The van der Waals surface area contributed by atoms with Gasteiger partial charge in [0, 0.05) is 31.8 Å². The van der Waals surface area contributed by atoms with E-state index >= 15 is 0 Å². The average molecular weight is 375 g/mol. The number of anilines is 2. The molecule has 1 aromatic rings. The molecule has 8 heteroatoms. The third-order valence-electron chi connectivity index (χ3n) is 6.59. The number of nitrogens with two attached hydrogens (primary N) is 1. The van der Waals surface area contributed by atoms with Crippen molar-refractivity contribution < 1.29 is 14.6 Å². The van der Waals surface area contributed by atoms with Gasteiger partial charge >= 0.3 is 0 Å². The summed E-state index contributed by atoms with van der Waals surface area (Å²) in [7, 11) is 0. The largest absolute Gasteiger partial charge is 0.388 e. The Kier molecular flexibility index (Phi) is 4.71. The molecule has 0 aromatic carbocycles. The molecule has 3 heterocycles. The van der Waals surface area contributed by atoms with E-state index in [-0.39, 0.29) is 17.8 Å². The van der Waals surface area contributed by atoms with Crippen LogP contribution >= 0.6 is 0 Å². The maximum Gasteiger partial charge on any atom is 0.223 e. The second-order valence-electron chi connectivity index (χ2n) is 8.36. The minimum absolute atomic E-state index is 0.0775. The van der Waals surface area contributed by atoms with Crippen LogP contribution in [-0.2, 0) is 9.53 Å². The van der Waals surface area contributed by atoms with Crippen molar-refractivity contribution in [2.24, 2.45) is 5.92 Å². The summed E-state index contributed by atoms with van der Waals surface area (Å²) in [4.78, 5) is 22.8. The number of nitrogen functional groups attached to an aromatic ring is 1. The van der Waals surface area contributed by atoms with Crippen molar-refractivity contribution in [3.8, 4) is 0 Å². The second kappa shape index (κ2) is 6.91. The van der Waals surface area contributed by atoms with Crippen LogP contribution in [0, 0.1) is 5.92 Å². The first kappa shape index (κ1) is 18.4. The number of carbonyl (C=O) groups excluding carboxylic acids is 1. The smallest absolute Gasteiger partial charge is 0.223 e. The fourth-order valence-electron chi connectivity index (χ4n) is 4.52. The van der Waals surface area contributed by atoms with E-state index in [1.807, 2.05) is 13.0 Å². The zero-order chi connectivity index (χ0) is 19.1. The summed E-state index contributed by atoms with van der Waals surface area (Å²) in [5.41, 5.74) is 4.42. The van der Waals surface area contributed by atoms with E-state index in [0.717, 1.165) is 25.1 Å². The summed E-state index contributed by atoms with van der Waals surface area (Å²) in [5, 5.41) is 14.4. The molecule has 4 N–H and O–H groups in total. The lowest BCUT2D eigenvalue weighted by molar-refractivity contribution is -0.199. The number of piperidine rings is 1. The predicted octanol–water partition coefficient (Wildman–Crippen LogP) is 0.854. The number of aliphatic hydroxyl groups excluding tert-OH is 1. The molecule has 2 saturated heterocycles. The Morgan fingerprint density at radius 2 is 2.11 bits per heavy atom. The Bertz CT molecular complexity index is 702. The molecule has 1 spiro atoms. The molecule has 148 valence electrons. The number of rotatable bonds is 3. The molecule has 8 nitrogen and oxygen atoms in total. The summed E-state index contributed by atoms with van der Waals surface area (Å²) < 4.78 is 6.12. The van der Waals surface area contributed by atoms with Gasteiger partial charge in [0.25, 0.3) is 0 Å². The molecule has 2 atom stereocenters. The van der Waals surface area contributed by atoms with Crippen LogP contribution in [-0.4, -0.2) is 57.9 Å². The van der Waals surface area contributed by atoms with Crippen molar-refractivity contribution in [1.82, 2.24) is 15.3 Å². The van der Waals surface area contributed by atoms with Crippen LogP contribution in [0.1, 0.15) is 45.4 Å². The van der Waals surface area contributed by atoms with E-state index in [1.54, 1.807) is 6.20 Å². The van der Waals surface area contributed by atoms with Crippen molar-refractivity contribution in [1.29, 1.82) is 0 Å². The van der Waals surface area contributed by atoms with Gasteiger partial charge < -0.3 is 25.8 Å². The minimum Gasteiger partial charge on any atom is -0.388 e. The molecule has 3 fully saturated rings. The van der Waals surface area contributed by atoms with Crippen LogP contribution in [0.4, 0.5) is 11.8 Å². The maximum absolute atomic E-state index is 12.5. The molecular weight excluding hydrogens is 346 g/mol. The van der Waals surface area contributed by atoms with Gasteiger partial charge in [-0.2, -0.15) is 4.98 Å². The fourth-order valence-corrected chi connectivity index (χ4v) is 4.52. The first-order valence-corrected chi connectivity index (χ1v) is 9.89. The molecule has 1 amide bonds. The minimum atomic E-state index is -0.736. The number of ether oxygens (including phenoxy) is 1. The number of nitrogens with zero attached hydrogens (tertiary/aromatic N) is 3. The topological polar surface area (TPSA) is 114 Å². The number of hydrogen-bond acceptors (Lipinski definition) is 7. The van der Waals surface area contributed by atoms with Crippen LogP contribution in [0.2, 0.25) is 0 Å². The van der Waals surface area contributed by atoms with Gasteiger partial charge in [0.2, 0.25) is 11.9 Å². The molecule has 1 saturated carbocycles. The first-order valence-electron chi connectivity index (χ1n) is 9.89. The quantitative estimate of drug-likeness (QED) is 0.718. The van der Waals surface area contributed by atoms with E-state index in [9.17, 15) is 9.90 Å². The third kappa shape index (κ3) is 3.36. The monoisotopic (exact) mass is 375 g/mol. The number of hydrogen-bond donors (Lipinski definition) is 3. The molecule has 0 radical (unpaired) electrons. The molecule has 4 rings (SSSR count). The highest BCUT2D eigenvalue weighted by molar-refractivity contribution is 5.80. The number of aliphatic hydroxyl groups is 1. The van der Waals surface area contributed by atoms with Gasteiger partial charge in [-0.1, -0.05) is 6.42 Å². The highest BCUT2D eigenvalue weighted by atomic mass is 16.5. The van der Waals surface area contributed by atoms with Crippen LogP contribution in [0.3, 0.4) is 0 Å². The number of aromatic nitrogens is 2. The predicted molar refractivity (Wildman–Crippen MR) is 101 cm³/mol. The number of nitrogens with one attached hydrogen (secondary N) is 1. The summed E-state index contributed by atoms with van der Waals surface area (Å²) in [6.07, 6.45) is 5.92. The summed E-state index contributed by atoms with van der Waals surface area (Å²) in [6, 6.07) is 1.84. The Labute approximate surface area is 159 Å². The lowest BCUT2D eigenvalue weighted by Crippen LogP contribution is -2.69. The highest BCUT2D eigenvalue weighted by Crippen LogP contribution is 2.41. The average Bonchev–Trinajstić information content (AvgIpc) is 2.59. The van der Waals surface area contributed by atoms with Gasteiger partial charge in [0.15, 0.2) is 0 Å². The zero-order valence-corrected chi connectivity index (χ0v) is 15.9. The summed E-state index contributed by atoms with van der Waals surface area (Å²) >= 11 is 0. The van der Waals surface area contributed by atoms with Gasteiger partial charge in [0.1, 0.15) is 11.9 Å². The SMILES string of the molecule is C[C@@]1(NC(=O)C2CCC2)CCOC2(CCN(c3ccnc(N)n3)CC2)[C@H]1O. The van der Waals surface area contributed by atoms with Crippen molar-refractivity contribution in [3.63, 3.8) is 0 Å². The lowest BCUT2D eigenvalue weighted by atomic mass is 9.72. The fraction of sp³-hybridized carbons (Fsp3) is 0.737. The third-order valence-corrected chi connectivity index (χ3v) is 6.59. The molecule has 1 aliphatic carbocycles. The Morgan fingerprint density at radius 1 is 1.37 bits per heavy atom. The van der Waals surface area contributed by atoms with Crippen LogP contribution in [0.15, 0.2) is 12.3 Å².